The molecule has 3 aromatic rings. The molecule has 154 valence electrons. The lowest BCUT2D eigenvalue weighted by molar-refractivity contribution is -0.132. The molecule has 0 aromatic carbocycles. The van der Waals surface area contributed by atoms with E-state index >= 15 is 0 Å². The van der Waals surface area contributed by atoms with Crippen molar-refractivity contribution in [2.75, 3.05) is 0 Å². The topological polar surface area (TPSA) is 73.2 Å². The Morgan fingerprint density at radius 2 is 2.03 bits per heavy atom. The van der Waals surface area contributed by atoms with Crippen LogP contribution in [0.4, 0.5) is 0 Å². The number of thiophene rings is 1. The van der Waals surface area contributed by atoms with E-state index < -0.39 is 17.6 Å². The maximum absolute atomic E-state index is 13.1. The molecule has 0 saturated carbocycles. The minimum Gasteiger partial charge on any atom is -0.441 e. The van der Waals surface area contributed by atoms with Crippen LogP contribution in [-0.4, -0.2) is 27.0 Å². The maximum atomic E-state index is 13.1. The molecule has 7 heteroatoms. The first-order valence-electron chi connectivity index (χ1n) is 9.76. The molecule has 1 N–H and O–H groups in total. The van der Waals surface area contributed by atoms with Crippen LogP contribution in [-0.2, 0) is 9.53 Å². The second-order valence-electron chi connectivity index (χ2n) is 7.93. The molecule has 1 amide bonds. The van der Waals surface area contributed by atoms with E-state index in [2.05, 4.69) is 10.3 Å². The van der Waals surface area contributed by atoms with Gasteiger partial charge >= 0.3 is 5.97 Å². The van der Waals surface area contributed by atoms with Gasteiger partial charge in [-0.3, -0.25) is 9.78 Å². The predicted octanol–water partition coefficient (Wildman–Crippen LogP) is 4.88. The van der Waals surface area contributed by atoms with Crippen molar-refractivity contribution >= 4 is 33.4 Å². The second kappa shape index (κ2) is 8.37. The van der Waals surface area contributed by atoms with Crippen LogP contribution < -0.4 is 5.32 Å². The Labute approximate surface area is 174 Å². The highest BCUT2D eigenvalue weighted by atomic mass is 32.1. The third-order valence-corrected chi connectivity index (χ3v) is 5.80. The molecular formula is C22H27N3O3S. The molecule has 0 saturated heterocycles. The molecule has 3 heterocycles. The lowest BCUT2D eigenvalue weighted by atomic mass is 10.0. The Balaban J connectivity index is 1.94. The van der Waals surface area contributed by atoms with Crippen molar-refractivity contribution in [1.82, 2.24) is 14.9 Å². The van der Waals surface area contributed by atoms with Crippen molar-refractivity contribution < 1.29 is 14.3 Å². The lowest BCUT2D eigenvalue weighted by Crippen LogP contribution is -2.46. The number of carbonyl (C=O) groups excluding carboxylic acids is 2. The largest absolute Gasteiger partial charge is 0.441 e. The molecule has 0 aliphatic rings. The van der Waals surface area contributed by atoms with E-state index in [4.69, 9.17) is 4.74 Å². The molecule has 6 nitrogen and oxygen atoms in total. The summed E-state index contributed by atoms with van der Waals surface area (Å²) in [7, 11) is 0. The van der Waals surface area contributed by atoms with Crippen LogP contribution >= 0.6 is 11.3 Å². The fraction of sp³-hybridized carbons (Fsp3) is 0.409. The summed E-state index contributed by atoms with van der Waals surface area (Å²) in [4.78, 5) is 30.4. The summed E-state index contributed by atoms with van der Waals surface area (Å²) in [6, 6.07) is 9.11. The molecule has 0 fully saturated rings. The average Bonchev–Trinajstić information content (AvgIpc) is 3.27. The number of ether oxygens (including phenoxy) is 1. The van der Waals surface area contributed by atoms with Gasteiger partial charge in [0.15, 0.2) is 0 Å². The van der Waals surface area contributed by atoms with Crippen LogP contribution in [0, 0.1) is 0 Å². The molecular weight excluding hydrogens is 386 g/mol. The Morgan fingerprint density at radius 1 is 1.28 bits per heavy atom. The van der Waals surface area contributed by atoms with Crippen LogP contribution in [0.25, 0.3) is 10.2 Å². The van der Waals surface area contributed by atoms with Crippen molar-refractivity contribution in [3.8, 4) is 0 Å². The quantitative estimate of drug-likeness (QED) is 0.560. The van der Waals surface area contributed by atoms with Gasteiger partial charge in [-0.2, -0.15) is 0 Å². The molecule has 3 aromatic heterocycles. The van der Waals surface area contributed by atoms with Crippen LogP contribution in [0.5, 0.6) is 0 Å². The lowest BCUT2D eigenvalue weighted by Gasteiger charge is -2.27. The van der Waals surface area contributed by atoms with Gasteiger partial charge in [0.05, 0.1) is 15.9 Å². The third kappa shape index (κ3) is 4.50. The van der Waals surface area contributed by atoms with Gasteiger partial charge in [0.1, 0.15) is 5.69 Å². The molecule has 1 unspecified atom stereocenters. The van der Waals surface area contributed by atoms with Crippen molar-refractivity contribution in [1.29, 1.82) is 0 Å². The number of amides is 1. The number of pyridine rings is 1. The molecule has 0 aliphatic heterocycles. The molecule has 0 aliphatic carbocycles. The number of fused-ring (bicyclic) bond motifs is 1. The van der Waals surface area contributed by atoms with Crippen molar-refractivity contribution in [3.05, 3.63) is 53.3 Å². The van der Waals surface area contributed by atoms with E-state index in [-0.39, 0.29) is 11.9 Å². The molecule has 3 rings (SSSR count). The normalized spacial score (nSPS) is 12.9. The Kier molecular flexibility index (Phi) is 6.07. The number of rotatable bonds is 7. The average molecular weight is 414 g/mol. The first-order chi connectivity index (χ1) is 13.7. The molecule has 1 atom stereocenters. The van der Waals surface area contributed by atoms with E-state index in [1.807, 2.05) is 56.7 Å². The number of nitrogens with one attached hydrogen (secondary N) is 1. The van der Waals surface area contributed by atoms with Gasteiger partial charge in [0.25, 0.3) is 5.91 Å². The zero-order valence-corrected chi connectivity index (χ0v) is 18.2. The van der Waals surface area contributed by atoms with E-state index in [9.17, 15) is 9.59 Å². The molecule has 0 bridgehead atoms. The maximum Gasteiger partial charge on any atom is 0.356 e. The van der Waals surface area contributed by atoms with E-state index in [0.717, 1.165) is 16.6 Å². The number of hydrogen-bond acceptors (Lipinski definition) is 5. The summed E-state index contributed by atoms with van der Waals surface area (Å²) in [6.07, 6.45) is 1.21. The highest BCUT2D eigenvalue weighted by Gasteiger charge is 2.32. The minimum atomic E-state index is -1.12. The van der Waals surface area contributed by atoms with Gasteiger partial charge in [-0.1, -0.05) is 13.0 Å². The Hall–Kier alpha value is -2.67. The third-order valence-electron chi connectivity index (χ3n) is 4.95. The molecule has 0 radical (unpaired) electrons. The number of nitrogens with zero attached hydrogens (tertiary/aromatic N) is 2. The summed E-state index contributed by atoms with van der Waals surface area (Å²) in [6.45, 7) is 9.88. The SMILES string of the molecule is CCC(C)(C)NC(=O)C(OC(=O)c1cc2sccc2n1C(C)C)c1ccccn1. The minimum absolute atomic E-state index is 0.0748. The molecule has 0 spiro atoms. The van der Waals surface area contributed by atoms with E-state index in [1.165, 1.54) is 0 Å². The van der Waals surface area contributed by atoms with Crippen molar-refractivity contribution in [3.63, 3.8) is 0 Å². The summed E-state index contributed by atoms with van der Waals surface area (Å²) in [5, 5.41) is 4.96. The Bertz CT molecular complexity index is 1000. The van der Waals surface area contributed by atoms with Crippen LogP contribution in [0.15, 0.2) is 41.9 Å². The van der Waals surface area contributed by atoms with Gasteiger partial charge in [-0.25, -0.2) is 4.79 Å². The summed E-state index contributed by atoms with van der Waals surface area (Å²) in [5.74, 6) is -0.921. The number of aromatic nitrogens is 2. The second-order valence-corrected chi connectivity index (χ2v) is 8.88. The van der Waals surface area contributed by atoms with Gasteiger partial charge in [-0.05, 0) is 63.8 Å². The van der Waals surface area contributed by atoms with E-state index in [0.29, 0.717) is 11.4 Å². The first kappa shape index (κ1) is 21.0. The predicted molar refractivity (Wildman–Crippen MR) is 115 cm³/mol. The monoisotopic (exact) mass is 413 g/mol. The van der Waals surface area contributed by atoms with Gasteiger partial charge in [0, 0.05) is 17.8 Å². The van der Waals surface area contributed by atoms with Crippen LogP contribution in [0.1, 0.15) is 69.4 Å². The smallest absolute Gasteiger partial charge is 0.356 e. The summed E-state index contributed by atoms with van der Waals surface area (Å²) >= 11 is 1.57. The Morgan fingerprint density at radius 3 is 2.66 bits per heavy atom. The van der Waals surface area contributed by atoms with E-state index in [1.54, 1.807) is 35.7 Å². The van der Waals surface area contributed by atoms with Gasteiger partial charge in [0.2, 0.25) is 6.10 Å². The van der Waals surface area contributed by atoms with Crippen LogP contribution in [0.3, 0.4) is 0 Å². The van der Waals surface area contributed by atoms with Gasteiger partial charge in [-0.15, -0.1) is 11.3 Å². The van der Waals surface area contributed by atoms with Gasteiger partial charge < -0.3 is 14.6 Å². The summed E-state index contributed by atoms with van der Waals surface area (Å²) in [5.41, 5.74) is 1.40. The van der Waals surface area contributed by atoms with Crippen molar-refractivity contribution in [2.45, 2.75) is 58.7 Å². The zero-order valence-electron chi connectivity index (χ0n) is 17.4. The molecule has 29 heavy (non-hydrogen) atoms. The number of hydrogen-bond donors (Lipinski definition) is 1. The zero-order chi connectivity index (χ0) is 21.2. The fourth-order valence-electron chi connectivity index (χ4n) is 3.09. The van der Waals surface area contributed by atoms with Crippen molar-refractivity contribution in [2.24, 2.45) is 0 Å². The fourth-order valence-corrected chi connectivity index (χ4v) is 3.90. The number of esters is 1. The summed E-state index contributed by atoms with van der Waals surface area (Å²) < 4.78 is 8.69. The first-order valence-corrected chi connectivity index (χ1v) is 10.6. The highest BCUT2D eigenvalue weighted by Crippen LogP contribution is 2.30. The standard InChI is InChI=1S/C22H27N3O3S/c1-6-22(4,5)24-20(26)19(15-9-7-8-11-23-15)28-21(27)17-13-18-16(10-12-29-18)25(17)14(2)3/h7-14,19H,6H2,1-5H3,(H,24,26). The highest BCUT2D eigenvalue weighted by molar-refractivity contribution is 7.17. The van der Waals surface area contributed by atoms with Crippen LogP contribution in [0.2, 0.25) is 0 Å². The number of carbonyl (C=O) groups is 2.